The molecule has 6 heteroatoms. The molecule has 0 aliphatic rings. The molecule has 0 aliphatic heterocycles. The summed E-state index contributed by atoms with van der Waals surface area (Å²) in [4.78, 5) is 19.7. The largest absolute Gasteiger partial charge is 0.481 e. The number of hydrogen-bond acceptors (Lipinski definition) is 4. The van der Waals surface area contributed by atoms with Crippen LogP contribution in [0.25, 0.3) is 0 Å². The number of Topliss-reactive ketones (excluding diaryl/α,β-unsaturated/α-hetero) is 1. The summed E-state index contributed by atoms with van der Waals surface area (Å²) in [6.07, 6.45) is 1.20. The lowest BCUT2D eigenvalue weighted by molar-refractivity contribution is 0.0987. The molecule has 1 aromatic carbocycles. The van der Waals surface area contributed by atoms with Crippen molar-refractivity contribution in [2.75, 3.05) is 7.11 Å². The van der Waals surface area contributed by atoms with E-state index in [-0.39, 0.29) is 17.9 Å². The zero-order valence-electron chi connectivity index (χ0n) is 10.1. The smallest absolute Gasteiger partial charge is 0.216 e. The van der Waals surface area contributed by atoms with Crippen LogP contribution in [0.5, 0.6) is 5.88 Å². The van der Waals surface area contributed by atoms with E-state index in [0.717, 1.165) is 0 Å². The molecule has 0 atom stereocenters. The molecule has 4 nitrogen and oxygen atoms in total. The Balaban J connectivity index is 2.22. The SMILES string of the molecule is COc1cc(C(=O)Cc2cc(F)ccc2Cl)ncn1. The molecule has 0 unspecified atom stereocenters. The van der Waals surface area contributed by atoms with Crippen molar-refractivity contribution in [3.8, 4) is 5.88 Å². The standard InChI is InChI=1S/C13H10ClFN2O2/c1-19-13-6-11(16-7-17-13)12(18)5-8-4-9(15)2-3-10(8)14/h2-4,6-7H,5H2,1H3. The Morgan fingerprint density at radius 1 is 1.37 bits per heavy atom. The van der Waals surface area contributed by atoms with E-state index in [9.17, 15) is 9.18 Å². The zero-order valence-corrected chi connectivity index (χ0v) is 10.8. The van der Waals surface area contributed by atoms with Crippen LogP contribution >= 0.6 is 11.6 Å². The molecule has 2 rings (SSSR count). The first-order chi connectivity index (χ1) is 9.10. The van der Waals surface area contributed by atoms with Gasteiger partial charge in [0.05, 0.1) is 7.11 Å². The van der Waals surface area contributed by atoms with Gasteiger partial charge in [0.2, 0.25) is 5.88 Å². The van der Waals surface area contributed by atoms with Gasteiger partial charge >= 0.3 is 0 Å². The molecular weight excluding hydrogens is 271 g/mol. The summed E-state index contributed by atoms with van der Waals surface area (Å²) >= 11 is 5.91. The lowest BCUT2D eigenvalue weighted by Gasteiger charge is -2.04. The van der Waals surface area contributed by atoms with Crippen molar-refractivity contribution >= 4 is 17.4 Å². The van der Waals surface area contributed by atoms with Crippen molar-refractivity contribution in [2.24, 2.45) is 0 Å². The Hall–Kier alpha value is -2.01. The molecular formula is C13H10ClFN2O2. The van der Waals surface area contributed by atoms with E-state index in [4.69, 9.17) is 16.3 Å². The fourth-order valence-corrected chi connectivity index (χ4v) is 1.73. The average molecular weight is 281 g/mol. The molecule has 0 N–H and O–H groups in total. The van der Waals surface area contributed by atoms with Gasteiger partial charge in [0.15, 0.2) is 5.78 Å². The number of ether oxygens (including phenoxy) is 1. The van der Waals surface area contributed by atoms with Gasteiger partial charge in [0, 0.05) is 17.5 Å². The minimum Gasteiger partial charge on any atom is -0.481 e. The van der Waals surface area contributed by atoms with Crippen LogP contribution in [0.4, 0.5) is 4.39 Å². The first-order valence-electron chi connectivity index (χ1n) is 5.43. The van der Waals surface area contributed by atoms with Crippen LogP contribution in [0.3, 0.4) is 0 Å². The van der Waals surface area contributed by atoms with Gasteiger partial charge in [-0.15, -0.1) is 0 Å². The van der Waals surface area contributed by atoms with Gasteiger partial charge in [-0.25, -0.2) is 14.4 Å². The first-order valence-corrected chi connectivity index (χ1v) is 5.81. The van der Waals surface area contributed by atoms with Crippen LogP contribution < -0.4 is 4.74 Å². The first kappa shape index (κ1) is 13.4. The second-order valence-corrected chi connectivity index (χ2v) is 4.19. The van der Waals surface area contributed by atoms with Crippen molar-refractivity contribution in [3.63, 3.8) is 0 Å². The van der Waals surface area contributed by atoms with E-state index in [0.29, 0.717) is 16.5 Å². The molecule has 1 aromatic heterocycles. The summed E-state index contributed by atoms with van der Waals surface area (Å²) in [5, 5.41) is 0.343. The van der Waals surface area contributed by atoms with Gasteiger partial charge in [0.25, 0.3) is 0 Å². The Morgan fingerprint density at radius 3 is 2.89 bits per heavy atom. The van der Waals surface area contributed by atoms with E-state index in [1.54, 1.807) is 0 Å². The molecule has 0 radical (unpaired) electrons. The molecule has 0 aliphatic carbocycles. The van der Waals surface area contributed by atoms with E-state index >= 15 is 0 Å². The number of halogens is 2. The molecule has 2 aromatic rings. The number of rotatable bonds is 4. The maximum Gasteiger partial charge on any atom is 0.216 e. The monoisotopic (exact) mass is 280 g/mol. The zero-order chi connectivity index (χ0) is 13.8. The van der Waals surface area contributed by atoms with Crippen LogP contribution in [0, 0.1) is 5.82 Å². The summed E-state index contributed by atoms with van der Waals surface area (Å²) in [7, 11) is 1.44. The van der Waals surface area contributed by atoms with Crippen LogP contribution in [-0.4, -0.2) is 22.9 Å². The summed E-state index contributed by atoms with van der Waals surface area (Å²) < 4.78 is 18.0. The topological polar surface area (TPSA) is 52.1 Å². The number of methoxy groups -OCH3 is 1. The van der Waals surface area contributed by atoms with E-state index < -0.39 is 5.82 Å². The van der Waals surface area contributed by atoms with Gasteiger partial charge in [-0.05, 0) is 23.8 Å². The molecule has 0 fully saturated rings. The third kappa shape index (κ3) is 3.26. The Morgan fingerprint density at radius 2 is 2.16 bits per heavy atom. The van der Waals surface area contributed by atoms with Crippen LogP contribution in [-0.2, 0) is 6.42 Å². The van der Waals surface area contributed by atoms with Gasteiger partial charge in [0.1, 0.15) is 17.8 Å². The summed E-state index contributed by atoms with van der Waals surface area (Å²) in [6, 6.07) is 5.32. The molecule has 19 heavy (non-hydrogen) atoms. The van der Waals surface area contributed by atoms with Crippen molar-refractivity contribution in [1.82, 2.24) is 9.97 Å². The van der Waals surface area contributed by atoms with Crippen LogP contribution in [0.2, 0.25) is 5.02 Å². The highest BCUT2D eigenvalue weighted by atomic mass is 35.5. The number of aromatic nitrogens is 2. The maximum atomic E-state index is 13.1. The van der Waals surface area contributed by atoms with Crippen molar-refractivity contribution in [2.45, 2.75) is 6.42 Å². The second-order valence-electron chi connectivity index (χ2n) is 3.78. The number of nitrogens with zero attached hydrogens (tertiary/aromatic N) is 2. The van der Waals surface area contributed by atoms with Crippen LogP contribution in [0.1, 0.15) is 16.1 Å². The van der Waals surface area contributed by atoms with Crippen molar-refractivity contribution in [3.05, 3.63) is 52.7 Å². The highest BCUT2D eigenvalue weighted by molar-refractivity contribution is 6.31. The predicted molar refractivity (Wildman–Crippen MR) is 68.0 cm³/mol. The lowest BCUT2D eigenvalue weighted by atomic mass is 10.1. The summed E-state index contributed by atoms with van der Waals surface area (Å²) in [6.45, 7) is 0. The molecule has 0 saturated carbocycles. The quantitative estimate of drug-likeness (QED) is 0.808. The normalized spacial score (nSPS) is 10.3. The van der Waals surface area contributed by atoms with E-state index in [2.05, 4.69) is 9.97 Å². The van der Waals surface area contributed by atoms with Gasteiger partial charge < -0.3 is 4.74 Å². The highest BCUT2D eigenvalue weighted by Crippen LogP contribution is 2.19. The number of hydrogen-bond donors (Lipinski definition) is 0. The van der Waals surface area contributed by atoms with Gasteiger partial charge in [-0.1, -0.05) is 11.6 Å². The minimum atomic E-state index is -0.438. The summed E-state index contributed by atoms with van der Waals surface area (Å²) in [5.74, 6) is -0.427. The molecule has 98 valence electrons. The summed E-state index contributed by atoms with van der Waals surface area (Å²) in [5.41, 5.74) is 0.622. The molecule has 0 spiro atoms. The second kappa shape index (κ2) is 5.75. The lowest BCUT2D eigenvalue weighted by Crippen LogP contribution is -2.07. The number of ketones is 1. The van der Waals surface area contributed by atoms with Gasteiger partial charge in [-0.2, -0.15) is 0 Å². The average Bonchev–Trinajstić information content (AvgIpc) is 2.43. The molecule has 0 bridgehead atoms. The Labute approximate surface area is 114 Å². The Kier molecular flexibility index (Phi) is 4.06. The van der Waals surface area contributed by atoms with Crippen LogP contribution in [0.15, 0.2) is 30.6 Å². The molecule has 0 saturated heterocycles. The third-order valence-electron chi connectivity index (χ3n) is 2.50. The van der Waals surface area contributed by atoms with E-state index in [1.165, 1.54) is 37.7 Å². The fraction of sp³-hybridized carbons (Fsp3) is 0.154. The van der Waals surface area contributed by atoms with Crippen molar-refractivity contribution < 1.29 is 13.9 Å². The maximum absolute atomic E-state index is 13.1. The number of carbonyl (C=O) groups is 1. The van der Waals surface area contributed by atoms with Gasteiger partial charge in [-0.3, -0.25) is 4.79 Å². The Bertz CT molecular complexity index is 619. The third-order valence-corrected chi connectivity index (χ3v) is 2.86. The minimum absolute atomic E-state index is 0.0310. The molecule has 0 amide bonds. The fourth-order valence-electron chi connectivity index (χ4n) is 1.55. The van der Waals surface area contributed by atoms with E-state index in [1.807, 2.05) is 0 Å². The number of carbonyl (C=O) groups excluding carboxylic acids is 1. The molecule has 1 heterocycles. The number of benzene rings is 1. The predicted octanol–water partition coefficient (Wildman–Crippen LogP) is 2.70. The van der Waals surface area contributed by atoms with Crippen molar-refractivity contribution in [1.29, 1.82) is 0 Å². The highest BCUT2D eigenvalue weighted by Gasteiger charge is 2.13.